The van der Waals surface area contributed by atoms with Crippen LogP contribution in [0.4, 0.5) is 10.1 Å². The molecule has 1 atom stereocenters. The summed E-state index contributed by atoms with van der Waals surface area (Å²) >= 11 is 3.42. The Hall–Kier alpha value is -1.75. The SMILES string of the molecule is COc1cc(Br)cc(NC(C)c2ccc(OC)cc2F)c1. The van der Waals surface area contributed by atoms with Gasteiger partial charge in [-0.25, -0.2) is 4.39 Å². The standard InChI is InChI=1S/C16H17BrFNO2/c1-10(15-5-4-13(20-2)9-16(15)18)19-12-6-11(17)7-14(8-12)21-3/h4-10,19H,1-3H3. The molecule has 112 valence electrons. The lowest BCUT2D eigenvalue weighted by Gasteiger charge is -2.17. The van der Waals surface area contributed by atoms with Crippen molar-refractivity contribution in [2.24, 2.45) is 0 Å². The maximum Gasteiger partial charge on any atom is 0.132 e. The van der Waals surface area contributed by atoms with E-state index in [-0.39, 0.29) is 11.9 Å². The molecule has 0 aliphatic rings. The van der Waals surface area contributed by atoms with E-state index in [1.54, 1.807) is 19.2 Å². The Balaban J connectivity index is 2.21. The van der Waals surface area contributed by atoms with Gasteiger partial charge >= 0.3 is 0 Å². The molecular formula is C16H17BrFNO2. The number of ether oxygens (including phenoxy) is 2. The number of rotatable bonds is 5. The van der Waals surface area contributed by atoms with Crippen LogP contribution in [0, 0.1) is 5.82 Å². The monoisotopic (exact) mass is 353 g/mol. The fraction of sp³-hybridized carbons (Fsp3) is 0.250. The quantitative estimate of drug-likeness (QED) is 0.838. The van der Waals surface area contributed by atoms with Crippen molar-refractivity contribution in [2.45, 2.75) is 13.0 Å². The molecule has 0 aromatic heterocycles. The van der Waals surface area contributed by atoms with Gasteiger partial charge in [0.2, 0.25) is 0 Å². The third-order valence-corrected chi connectivity index (χ3v) is 3.62. The third-order valence-electron chi connectivity index (χ3n) is 3.16. The molecule has 1 unspecified atom stereocenters. The Morgan fingerprint density at radius 3 is 2.38 bits per heavy atom. The molecule has 0 radical (unpaired) electrons. The van der Waals surface area contributed by atoms with Crippen molar-refractivity contribution in [2.75, 3.05) is 19.5 Å². The van der Waals surface area contributed by atoms with Crippen LogP contribution in [-0.2, 0) is 0 Å². The van der Waals surface area contributed by atoms with Crippen LogP contribution in [0.15, 0.2) is 40.9 Å². The van der Waals surface area contributed by atoms with Crippen LogP contribution in [0.2, 0.25) is 0 Å². The van der Waals surface area contributed by atoms with Crippen molar-refractivity contribution in [3.05, 3.63) is 52.3 Å². The second-order valence-corrected chi connectivity index (χ2v) is 5.55. The van der Waals surface area contributed by atoms with Crippen LogP contribution < -0.4 is 14.8 Å². The van der Waals surface area contributed by atoms with E-state index in [0.29, 0.717) is 11.3 Å². The zero-order valence-electron chi connectivity index (χ0n) is 12.1. The average molecular weight is 354 g/mol. The lowest BCUT2D eigenvalue weighted by Crippen LogP contribution is -2.09. The number of nitrogens with one attached hydrogen (secondary N) is 1. The smallest absolute Gasteiger partial charge is 0.132 e. The first-order valence-electron chi connectivity index (χ1n) is 6.48. The Bertz CT molecular complexity index is 634. The maximum atomic E-state index is 14.1. The number of benzene rings is 2. The second-order valence-electron chi connectivity index (χ2n) is 4.63. The minimum Gasteiger partial charge on any atom is -0.497 e. The molecule has 0 aliphatic heterocycles. The van der Waals surface area contributed by atoms with Crippen LogP contribution in [-0.4, -0.2) is 14.2 Å². The minimum absolute atomic E-state index is 0.185. The predicted octanol–water partition coefficient (Wildman–Crippen LogP) is 4.78. The minimum atomic E-state index is -0.295. The van der Waals surface area contributed by atoms with Gasteiger partial charge in [-0.1, -0.05) is 22.0 Å². The fourth-order valence-corrected chi connectivity index (χ4v) is 2.55. The van der Waals surface area contributed by atoms with E-state index in [2.05, 4.69) is 21.2 Å². The van der Waals surface area contributed by atoms with Gasteiger partial charge < -0.3 is 14.8 Å². The van der Waals surface area contributed by atoms with Crippen molar-refractivity contribution >= 4 is 21.6 Å². The number of hydrogen-bond donors (Lipinski definition) is 1. The molecule has 0 aliphatic carbocycles. The van der Waals surface area contributed by atoms with Gasteiger partial charge in [0.1, 0.15) is 17.3 Å². The van der Waals surface area contributed by atoms with E-state index in [4.69, 9.17) is 9.47 Å². The zero-order valence-corrected chi connectivity index (χ0v) is 13.7. The highest BCUT2D eigenvalue weighted by molar-refractivity contribution is 9.10. The van der Waals surface area contributed by atoms with Gasteiger partial charge in [0.05, 0.1) is 20.3 Å². The highest BCUT2D eigenvalue weighted by Crippen LogP contribution is 2.29. The molecule has 2 aromatic carbocycles. The highest BCUT2D eigenvalue weighted by Gasteiger charge is 2.12. The molecule has 2 rings (SSSR count). The molecule has 0 amide bonds. The molecule has 0 spiro atoms. The van der Waals surface area contributed by atoms with Crippen molar-refractivity contribution in [1.82, 2.24) is 0 Å². The van der Waals surface area contributed by atoms with E-state index in [0.717, 1.165) is 15.9 Å². The summed E-state index contributed by atoms with van der Waals surface area (Å²) in [5.41, 5.74) is 1.43. The van der Waals surface area contributed by atoms with E-state index in [1.165, 1.54) is 13.2 Å². The molecule has 2 aromatic rings. The first kappa shape index (κ1) is 15.6. The van der Waals surface area contributed by atoms with E-state index < -0.39 is 0 Å². The number of methoxy groups -OCH3 is 2. The zero-order chi connectivity index (χ0) is 15.4. The molecule has 21 heavy (non-hydrogen) atoms. The van der Waals surface area contributed by atoms with Gasteiger partial charge in [-0.3, -0.25) is 0 Å². The highest BCUT2D eigenvalue weighted by atomic mass is 79.9. The maximum absolute atomic E-state index is 14.1. The van der Waals surface area contributed by atoms with Gasteiger partial charge in [0, 0.05) is 27.9 Å². The molecule has 0 heterocycles. The van der Waals surface area contributed by atoms with Crippen molar-refractivity contribution < 1.29 is 13.9 Å². The largest absolute Gasteiger partial charge is 0.497 e. The lowest BCUT2D eigenvalue weighted by molar-refractivity contribution is 0.410. The summed E-state index contributed by atoms with van der Waals surface area (Å²) in [5, 5.41) is 3.26. The van der Waals surface area contributed by atoms with Gasteiger partial charge in [-0.15, -0.1) is 0 Å². The fourth-order valence-electron chi connectivity index (χ4n) is 2.08. The normalized spacial score (nSPS) is 11.9. The molecule has 0 fully saturated rings. The number of hydrogen-bond acceptors (Lipinski definition) is 3. The van der Waals surface area contributed by atoms with Crippen molar-refractivity contribution in [3.63, 3.8) is 0 Å². The summed E-state index contributed by atoms with van der Waals surface area (Å²) in [6.07, 6.45) is 0. The summed E-state index contributed by atoms with van der Waals surface area (Å²) in [4.78, 5) is 0. The van der Waals surface area contributed by atoms with Crippen LogP contribution in [0.25, 0.3) is 0 Å². The van der Waals surface area contributed by atoms with E-state index in [1.807, 2.05) is 25.1 Å². The molecule has 1 N–H and O–H groups in total. The Morgan fingerprint density at radius 1 is 1.05 bits per heavy atom. The van der Waals surface area contributed by atoms with E-state index in [9.17, 15) is 4.39 Å². The van der Waals surface area contributed by atoms with Gasteiger partial charge in [0.15, 0.2) is 0 Å². The molecule has 3 nitrogen and oxygen atoms in total. The Labute approximate surface area is 132 Å². The molecule has 0 bridgehead atoms. The predicted molar refractivity (Wildman–Crippen MR) is 85.7 cm³/mol. The summed E-state index contributed by atoms with van der Waals surface area (Å²) in [7, 11) is 3.13. The molecule has 0 saturated heterocycles. The number of anilines is 1. The van der Waals surface area contributed by atoms with Crippen molar-refractivity contribution in [1.29, 1.82) is 0 Å². The summed E-state index contributed by atoms with van der Waals surface area (Å²) in [5.74, 6) is 0.943. The topological polar surface area (TPSA) is 30.5 Å². The molecule has 5 heteroatoms. The Morgan fingerprint density at radius 2 is 1.76 bits per heavy atom. The lowest BCUT2D eigenvalue weighted by atomic mass is 10.1. The molecular weight excluding hydrogens is 337 g/mol. The Kier molecular flexibility index (Phi) is 5.07. The van der Waals surface area contributed by atoms with Gasteiger partial charge in [0.25, 0.3) is 0 Å². The van der Waals surface area contributed by atoms with E-state index >= 15 is 0 Å². The van der Waals surface area contributed by atoms with Crippen LogP contribution in [0.1, 0.15) is 18.5 Å². The summed E-state index contributed by atoms with van der Waals surface area (Å²) in [6, 6.07) is 10.3. The molecule has 0 saturated carbocycles. The van der Waals surface area contributed by atoms with Crippen LogP contribution in [0.3, 0.4) is 0 Å². The first-order chi connectivity index (χ1) is 10.0. The van der Waals surface area contributed by atoms with Gasteiger partial charge in [-0.2, -0.15) is 0 Å². The number of halogens is 2. The first-order valence-corrected chi connectivity index (χ1v) is 7.27. The summed E-state index contributed by atoms with van der Waals surface area (Å²) in [6.45, 7) is 1.90. The third kappa shape index (κ3) is 3.88. The van der Waals surface area contributed by atoms with Crippen molar-refractivity contribution in [3.8, 4) is 11.5 Å². The van der Waals surface area contributed by atoms with Crippen LogP contribution >= 0.6 is 15.9 Å². The van der Waals surface area contributed by atoms with Crippen LogP contribution in [0.5, 0.6) is 11.5 Å². The second kappa shape index (κ2) is 6.80. The average Bonchev–Trinajstić information content (AvgIpc) is 2.46. The van der Waals surface area contributed by atoms with Gasteiger partial charge in [-0.05, 0) is 25.1 Å². The summed E-state index contributed by atoms with van der Waals surface area (Å²) < 4.78 is 25.2.